The number of carbonyl (C=O) groups is 1. The summed E-state index contributed by atoms with van der Waals surface area (Å²) in [7, 11) is 0. The van der Waals surface area contributed by atoms with Gasteiger partial charge < -0.3 is 9.80 Å². The Kier molecular flexibility index (Phi) is 17.1. The summed E-state index contributed by atoms with van der Waals surface area (Å²) < 4.78 is 0. The van der Waals surface area contributed by atoms with Crippen molar-refractivity contribution in [3.05, 3.63) is 69.2 Å². The van der Waals surface area contributed by atoms with Gasteiger partial charge in [0.15, 0.2) is 0 Å². The highest BCUT2D eigenvalue weighted by Crippen LogP contribution is 2.26. The molecule has 0 aromatic heterocycles. The normalized spacial score (nSPS) is 12.1. The molecule has 1 aliphatic rings. The second-order valence-corrected chi connectivity index (χ2v) is 8.58. The first-order valence-corrected chi connectivity index (χ1v) is 12.3. The van der Waals surface area contributed by atoms with Crippen LogP contribution in [0, 0.1) is 20.8 Å². The third-order valence-corrected chi connectivity index (χ3v) is 6.34. The van der Waals surface area contributed by atoms with E-state index in [1.165, 1.54) is 38.0 Å². The zero-order chi connectivity index (χ0) is 24.5. The molecule has 0 spiro atoms. The van der Waals surface area contributed by atoms with E-state index >= 15 is 0 Å². The van der Waals surface area contributed by atoms with Crippen LogP contribution in [0.3, 0.4) is 0 Å². The molecule has 0 aliphatic carbocycles. The monoisotopic (exact) mass is 480 g/mol. The molecule has 1 fully saturated rings. The molecule has 1 heterocycles. The van der Waals surface area contributed by atoms with Crippen LogP contribution in [0.2, 0.25) is 10.0 Å². The van der Waals surface area contributed by atoms with Crippen molar-refractivity contribution in [2.24, 2.45) is 0 Å². The number of hydrogen-bond acceptors (Lipinski definition) is 2. The average Bonchev–Trinajstić information content (AvgIpc) is 3.34. The average molecular weight is 482 g/mol. The second-order valence-electron chi connectivity index (χ2n) is 7.79. The van der Waals surface area contributed by atoms with Crippen LogP contribution in [0.1, 0.15) is 57.2 Å². The van der Waals surface area contributed by atoms with Crippen LogP contribution in [0.25, 0.3) is 0 Å². The number of carbonyl (C=O) groups excluding carboxylic acids is 1. The topological polar surface area (TPSA) is 23.6 Å². The number of likely N-dealkylation sites (tertiary alicyclic amines) is 1. The number of halogens is 2. The Morgan fingerprint density at radius 3 is 1.66 bits per heavy atom. The van der Waals surface area contributed by atoms with E-state index in [1.807, 2.05) is 49.1 Å². The predicted molar refractivity (Wildman–Crippen MR) is 142 cm³/mol. The maximum absolute atomic E-state index is 10.6. The lowest BCUT2D eigenvalue weighted by Crippen LogP contribution is -2.24. The summed E-state index contributed by atoms with van der Waals surface area (Å²) >= 11 is 11.7. The van der Waals surface area contributed by atoms with Gasteiger partial charge in [-0.3, -0.25) is 4.79 Å². The van der Waals surface area contributed by atoms with E-state index in [2.05, 4.69) is 44.7 Å². The number of hydrogen-bond donors (Lipinski definition) is 0. The van der Waals surface area contributed by atoms with Gasteiger partial charge in [-0.15, -0.1) is 0 Å². The summed E-state index contributed by atoms with van der Waals surface area (Å²) in [5.41, 5.74) is 3.36. The Labute approximate surface area is 206 Å². The molecule has 0 radical (unpaired) electrons. The van der Waals surface area contributed by atoms with Gasteiger partial charge in [0, 0.05) is 30.1 Å². The molecule has 2 aromatic carbocycles. The highest BCUT2D eigenvalue weighted by molar-refractivity contribution is 6.36. The number of benzene rings is 2. The molecule has 0 unspecified atom stereocenters. The Morgan fingerprint density at radius 1 is 0.875 bits per heavy atom. The molecule has 180 valence electrons. The molecule has 0 atom stereocenters. The van der Waals surface area contributed by atoms with E-state index in [4.69, 9.17) is 23.2 Å². The minimum absolute atomic E-state index is 0.225. The van der Waals surface area contributed by atoms with E-state index in [0.717, 1.165) is 34.3 Å². The molecular formula is C27H42Cl2N2O. The van der Waals surface area contributed by atoms with Gasteiger partial charge >= 0.3 is 0 Å². The third-order valence-electron chi connectivity index (χ3n) is 5.35. The van der Waals surface area contributed by atoms with Gasteiger partial charge in [0.05, 0.1) is 0 Å². The number of aryl methyl sites for hydroxylation is 2. The highest BCUT2D eigenvalue weighted by Gasteiger charge is 2.12. The lowest BCUT2D eigenvalue weighted by molar-refractivity contribution is -0.127. The van der Waals surface area contributed by atoms with Gasteiger partial charge in [0.2, 0.25) is 5.91 Å². The van der Waals surface area contributed by atoms with E-state index in [9.17, 15) is 4.79 Å². The van der Waals surface area contributed by atoms with E-state index in [-0.39, 0.29) is 5.91 Å². The number of rotatable bonds is 3. The molecule has 3 nitrogen and oxygen atoms in total. The van der Waals surface area contributed by atoms with Crippen molar-refractivity contribution >= 4 is 29.1 Å². The summed E-state index contributed by atoms with van der Waals surface area (Å²) in [5, 5.41) is 1.50. The molecule has 3 rings (SSSR count). The molecule has 0 saturated carbocycles. The van der Waals surface area contributed by atoms with E-state index in [0.29, 0.717) is 0 Å². The van der Waals surface area contributed by atoms with Crippen LogP contribution >= 0.6 is 23.2 Å². The minimum atomic E-state index is 0.225. The van der Waals surface area contributed by atoms with Crippen LogP contribution in [0.15, 0.2) is 42.5 Å². The van der Waals surface area contributed by atoms with Gasteiger partial charge in [-0.2, -0.15) is 0 Å². The molecule has 1 saturated heterocycles. The van der Waals surface area contributed by atoms with E-state index in [1.54, 1.807) is 6.92 Å². The Hall–Kier alpha value is -1.55. The number of nitrogens with zero attached hydrogens (tertiary/aromatic N) is 2. The van der Waals surface area contributed by atoms with Crippen molar-refractivity contribution in [2.45, 2.75) is 61.3 Å². The van der Waals surface area contributed by atoms with E-state index < -0.39 is 0 Å². The van der Waals surface area contributed by atoms with Gasteiger partial charge in [-0.25, -0.2) is 0 Å². The minimum Gasteiger partial charge on any atom is -0.343 e. The summed E-state index contributed by atoms with van der Waals surface area (Å²) in [6.45, 7) is 19.7. The van der Waals surface area contributed by atoms with Crippen LogP contribution in [0.5, 0.6) is 0 Å². The fourth-order valence-electron chi connectivity index (χ4n) is 3.03. The van der Waals surface area contributed by atoms with Crippen LogP contribution in [0.4, 0.5) is 0 Å². The summed E-state index contributed by atoms with van der Waals surface area (Å²) in [6, 6.07) is 14.0. The molecule has 1 amide bonds. The highest BCUT2D eigenvalue weighted by atomic mass is 35.5. The molecule has 32 heavy (non-hydrogen) atoms. The second kappa shape index (κ2) is 17.9. The first kappa shape index (κ1) is 30.4. The maximum Gasteiger partial charge on any atom is 0.219 e. The summed E-state index contributed by atoms with van der Waals surface area (Å²) in [5.74, 6) is 0.225. The van der Waals surface area contributed by atoms with Crippen molar-refractivity contribution in [3.63, 3.8) is 0 Å². The maximum atomic E-state index is 10.6. The largest absolute Gasteiger partial charge is 0.343 e. The molecule has 2 aromatic rings. The molecule has 0 bridgehead atoms. The van der Waals surface area contributed by atoms with Crippen molar-refractivity contribution in [3.8, 4) is 0 Å². The van der Waals surface area contributed by atoms with Crippen molar-refractivity contribution in [2.75, 3.05) is 32.7 Å². The van der Waals surface area contributed by atoms with Crippen molar-refractivity contribution in [1.29, 1.82) is 0 Å². The van der Waals surface area contributed by atoms with Crippen LogP contribution in [-0.2, 0) is 4.79 Å². The Bertz CT molecular complexity index is 723. The zero-order valence-electron chi connectivity index (χ0n) is 21.0. The van der Waals surface area contributed by atoms with Gasteiger partial charge in [-0.1, -0.05) is 85.9 Å². The molecule has 1 aliphatic heterocycles. The number of amides is 1. The Balaban J connectivity index is 0.000000405. The quantitative estimate of drug-likeness (QED) is 0.451. The lowest BCUT2D eigenvalue weighted by atomic mass is 10.2. The SMILES string of the molecule is CC(=O)N1CCCC1.CCN(CC)CC.Cc1ccc(Cl)c(C)c1Cl.Cc1ccccc1. The van der Waals surface area contributed by atoms with Gasteiger partial charge in [-0.05, 0) is 70.4 Å². The molecule has 0 N–H and O–H groups in total. The first-order chi connectivity index (χ1) is 15.2. The van der Waals surface area contributed by atoms with Crippen LogP contribution < -0.4 is 0 Å². The molecular weight excluding hydrogens is 439 g/mol. The zero-order valence-corrected chi connectivity index (χ0v) is 22.6. The Morgan fingerprint density at radius 2 is 1.38 bits per heavy atom. The summed E-state index contributed by atoms with van der Waals surface area (Å²) in [6.07, 6.45) is 2.39. The van der Waals surface area contributed by atoms with Crippen LogP contribution in [-0.4, -0.2) is 48.4 Å². The van der Waals surface area contributed by atoms with Crippen molar-refractivity contribution in [1.82, 2.24) is 9.80 Å². The lowest BCUT2D eigenvalue weighted by Gasteiger charge is -2.13. The summed E-state index contributed by atoms with van der Waals surface area (Å²) in [4.78, 5) is 14.8. The molecule has 5 heteroatoms. The fourth-order valence-corrected chi connectivity index (χ4v) is 3.40. The predicted octanol–water partition coefficient (Wildman–Crippen LogP) is 7.58. The fraction of sp³-hybridized carbons (Fsp3) is 0.519. The van der Waals surface area contributed by atoms with Gasteiger partial charge in [0.25, 0.3) is 0 Å². The smallest absolute Gasteiger partial charge is 0.219 e. The first-order valence-electron chi connectivity index (χ1n) is 11.6. The third kappa shape index (κ3) is 13.1. The standard InChI is InChI=1S/C8H8Cl2.C7H8.C6H11NO.C6H15N/c1-5-3-4-7(9)6(2)8(5)10;1-7-5-3-2-4-6-7;1-6(8)7-4-2-3-5-7;1-4-7(5-2)6-3/h3-4H,1-2H3;2-6H,1H3;2-5H2,1H3;4-6H2,1-3H3. The van der Waals surface area contributed by atoms with Gasteiger partial charge in [0.1, 0.15) is 0 Å². The van der Waals surface area contributed by atoms with Crippen molar-refractivity contribution < 1.29 is 4.79 Å².